The van der Waals surface area contributed by atoms with Crippen LogP contribution >= 0.6 is 11.6 Å². The Morgan fingerprint density at radius 3 is 2.84 bits per heavy atom. The molecule has 0 atom stereocenters. The van der Waals surface area contributed by atoms with E-state index in [1.165, 1.54) is 7.41 Å². The van der Waals surface area contributed by atoms with Gasteiger partial charge in [-0.15, -0.1) is 0 Å². The van der Waals surface area contributed by atoms with Crippen LogP contribution in [0.1, 0.15) is 37.8 Å². The van der Waals surface area contributed by atoms with Gasteiger partial charge in [-0.05, 0) is 42.0 Å². The number of rotatable bonds is 7. The van der Waals surface area contributed by atoms with Crippen LogP contribution in [-0.2, 0) is 14.9 Å². The molecule has 0 saturated carbocycles. The van der Waals surface area contributed by atoms with Crippen molar-refractivity contribution in [3.8, 4) is 23.1 Å². The van der Waals surface area contributed by atoms with Crippen LogP contribution in [0.2, 0.25) is 5.02 Å². The van der Waals surface area contributed by atoms with Crippen LogP contribution in [0.25, 0.3) is 11.3 Å². The molecule has 8 nitrogen and oxygen atoms in total. The SMILES string of the molecule is CC1(C)CN([B]C=O)c2c(C#N)cc(-c3ccnc(Nc4cc(Cl)ccc4OC4CCOCC4)n3)cc21. The van der Waals surface area contributed by atoms with E-state index in [2.05, 4.69) is 30.2 Å². The Labute approximate surface area is 221 Å². The van der Waals surface area contributed by atoms with Gasteiger partial charge in [-0.3, -0.25) is 0 Å². The number of benzene rings is 2. The lowest BCUT2D eigenvalue weighted by atomic mass is 9.84. The summed E-state index contributed by atoms with van der Waals surface area (Å²) in [7, 11) is 1.48. The number of nitriles is 1. The Hall–Kier alpha value is -3.61. The topological polar surface area (TPSA) is 100 Å². The van der Waals surface area contributed by atoms with Crippen molar-refractivity contribution in [1.82, 2.24) is 9.97 Å². The largest absolute Gasteiger partial charge is 0.488 e. The minimum atomic E-state index is -0.248. The highest BCUT2D eigenvalue weighted by Crippen LogP contribution is 2.44. The number of hydrogen-bond donors (Lipinski definition) is 1. The molecule has 37 heavy (non-hydrogen) atoms. The van der Waals surface area contributed by atoms with E-state index in [4.69, 9.17) is 26.1 Å². The highest BCUT2D eigenvalue weighted by Gasteiger charge is 2.37. The lowest BCUT2D eigenvalue weighted by Crippen LogP contribution is -2.32. The van der Waals surface area contributed by atoms with E-state index in [0.717, 1.165) is 35.8 Å². The molecule has 1 fully saturated rings. The molecule has 1 N–H and O–H groups in total. The van der Waals surface area contributed by atoms with Crippen molar-refractivity contribution < 1.29 is 14.3 Å². The number of hydrogen-bond acceptors (Lipinski definition) is 8. The normalized spacial score (nSPS) is 16.5. The van der Waals surface area contributed by atoms with E-state index >= 15 is 0 Å². The van der Waals surface area contributed by atoms with Gasteiger partial charge in [0.2, 0.25) is 5.95 Å². The number of nitrogens with one attached hydrogen (secondary N) is 1. The van der Waals surface area contributed by atoms with Crippen LogP contribution in [0.15, 0.2) is 42.6 Å². The van der Waals surface area contributed by atoms with Crippen LogP contribution in [-0.4, -0.2) is 49.4 Å². The van der Waals surface area contributed by atoms with E-state index in [9.17, 15) is 10.1 Å². The number of nitrogens with zero attached hydrogens (tertiary/aromatic N) is 4. The first-order chi connectivity index (χ1) is 17.9. The highest BCUT2D eigenvalue weighted by molar-refractivity contribution is 6.70. The van der Waals surface area contributed by atoms with Crippen LogP contribution < -0.4 is 14.9 Å². The zero-order valence-electron chi connectivity index (χ0n) is 20.7. The number of fused-ring (bicyclic) bond motifs is 1. The molecule has 0 unspecified atom stereocenters. The van der Waals surface area contributed by atoms with E-state index < -0.39 is 0 Å². The highest BCUT2D eigenvalue weighted by atomic mass is 35.5. The minimum Gasteiger partial charge on any atom is -0.488 e. The number of carbonyl (C=O) groups is 1. The zero-order valence-corrected chi connectivity index (χ0v) is 21.5. The molecule has 3 heterocycles. The van der Waals surface area contributed by atoms with Gasteiger partial charge in [-0.2, -0.15) is 5.26 Å². The molecular weight excluding hydrogens is 489 g/mol. The van der Waals surface area contributed by atoms with Crippen molar-refractivity contribution in [2.24, 2.45) is 0 Å². The van der Waals surface area contributed by atoms with Gasteiger partial charge in [0, 0.05) is 47.3 Å². The number of anilines is 3. The third kappa shape index (κ3) is 5.26. The van der Waals surface area contributed by atoms with Crippen molar-refractivity contribution in [2.45, 2.75) is 38.2 Å². The standard InChI is InChI=1S/C27H26BClN5O3/c1-27(2)15-34(28-16-35)25-18(14-30)11-17(12-21(25)27)22-5-8-31-26(32-22)33-23-13-19(29)3-4-24(23)37-20-6-9-36-10-7-20/h3-5,8,11-13,16,20H,6-7,9-10,15H2,1-2H3,(H,31,32,33). The average Bonchev–Trinajstić information content (AvgIpc) is 3.15. The number of carbonyl (C=O) groups excluding carboxylic acids is 1. The molecule has 0 aliphatic carbocycles. The monoisotopic (exact) mass is 514 g/mol. The van der Waals surface area contributed by atoms with Crippen molar-refractivity contribution in [2.75, 3.05) is 29.9 Å². The summed E-state index contributed by atoms with van der Waals surface area (Å²) in [6, 6.07) is 13.4. The summed E-state index contributed by atoms with van der Waals surface area (Å²) in [4.78, 5) is 22.2. The molecule has 2 aliphatic rings. The van der Waals surface area contributed by atoms with Crippen molar-refractivity contribution in [1.29, 1.82) is 5.26 Å². The maximum absolute atomic E-state index is 11.2. The van der Waals surface area contributed by atoms with Gasteiger partial charge >= 0.3 is 7.41 Å². The Morgan fingerprint density at radius 2 is 2.08 bits per heavy atom. The lowest BCUT2D eigenvalue weighted by Gasteiger charge is -2.24. The third-order valence-corrected chi connectivity index (χ3v) is 6.89. The molecule has 0 spiro atoms. The number of aromatic nitrogens is 2. The smallest absolute Gasteiger partial charge is 0.329 e. The van der Waals surface area contributed by atoms with Gasteiger partial charge in [0.25, 0.3) is 0 Å². The first kappa shape index (κ1) is 25.1. The molecule has 0 bridgehead atoms. The van der Waals surface area contributed by atoms with Crippen molar-refractivity contribution in [3.05, 3.63) is 58.7 Å². The molecule has 1 radical (unpaired) electrons. The second kappa shape index (κ2) is 10.4. The molecular formula is C27H26BClN5O3. The zero-order chi connectivity index (χ0) is 26.0. The van der Waals surface area contributed by atoms with Crippen LogP contribution in [0.4, 0.5) is 17.3 Å². The Kier molecular flexibility index (Phi) is 7.05. The van der Waals surface area contributed by atoms with Crippen LogP contribution in [0, 0.1) is 11.3 Å². The predicted octanol–water partition coefficient (Wildman–Crippen LogP) is 4.88. The molecule has 5 rings (SSSR count). The summed E-state index contributed by atoms with van der Waals surface area (Å²) in [6.45, 7) is 6.17. The summed E-state index contributed by atoms with van der Waals surface area (Å²) in [6.07, 6.45) is 4.14. The first-order valence-corrected chi connectivity index (χ1v) is 12.5. The quantitative estimate of drug-likeness (QED) is 0.352. The maximum atomic E-state index is 11.2. The summed E-state index contributed by atoms with van der Waals surface area (Å²) in [5.74, 6) is 1.05. The van der Waals surface area contributed by atoms with E-state index in [1.54, 1.807) is 24.4 Å². The Balaban J connectivity index is 1.47. The fourth-order valence-corrected chi connectivity index (χ4v) is 5.03. The fourth-order valence-electron chi connectivity index (χ4n) is 4.86. The summed E-state index contributed by atoms with van der Waals surface area (Å²) < 4.78 is 11.7. The van der Waals surface area contributed by atoms with Gasteiger partial charge in [-0.1, -0.05) is 25.4 Å². The van der Waals surface area contributed by atoms with Crippen molar-refractivity contribution in [3.63, 3.8) is 0 Å². The van der Waals surface area contributed by atoms with Crippen molar-refractivity contribution >= 4 is 42.5 Å². The van der Waals surface area contributed by atoms with Crippen LogP contribution in [0.5, 0.6) is 5.75 Å². The van der Waals surface area contributed by atoms with E-state index in [-0.39, 0.29) is 11.5 Å². The average molecular weight is 515 g/mol. The van der Waals surface area contributed by atoms with Gasteiger partial charge in [0.1, 0.15) is 24.1 Å². The van der Waals surface area contributed by atoms with E-state index in [0.29, 0.717) is 53.4 Å². The lowest BCUT2D eigenvalue weighted by molar-refractivity contribution is 0.0258. The molecule has 1 aromatic heterocycles. The van der Waals surface area contributed by atoms with E-state index in [1.807, 2.05) is 23.0 Å². The molecule has 0 amide bonds. The molecule has 1 saturated heterocycles. The third-order valence-electron chi connectivity index (χ3n) is 6.65. The van der Waals surface area contributed by atoms with Gasteiger partial charge < -0.3 is 24.4 Å². The summed E-state index contributed by atoms with van der Waals surface area (Å²) >= 11 is 6.29. The van der Waals surface area contributed by atoms with Gasteiger partial charge in [-0.25, -0.2) is 9.97 Å². The maximum Gasteiger partial charge on any atom is 0.329 e. The molecule has 10 heteroatoms. The summed E-state index contributed by atoms with van der Waals surface area (Å²) in [5, 5.41) is 13.7. The second-order valence-electron chi connectivity index (χ2n) is 9.79. The van der Waals surface area contributed by atoms with Gasteiger partial charge in [0.15, 0.2) is 0 Å². The Bertz CT molecular complexity index is 1370. The number of halogens is 1. The molecule has 2 aromatic carbocycles. The predicted molar refractivity (Wildman–Crippen MR) is 144 cm³/mol. The molecule has 2 aliphatic heterocycles. The number of ether oxygens (including phenoxy) is 2. The van der Waals surface area contributed by atoms with Crippen LogP contribution in [0.3, 0.4) is 0 Å². The molecule has 3 aromatic rings. The van der Waals surface area contributed by atoms with Gasteiger partial charge in [0.05, 0.1) is 30.2 Å². The summed E-state index contributed by atoms with van der Waals surface area (Å²) in [5.41, 5.74) is 4.14. The second-order valence-corrected chi connectivity index (χ2v) is 10.2. The fraction of sp³-hybridized carbons (Fsp3) is 0.333. The Morgan fingerprint density at radius 1 is 1.27 bits per heavy atom. The molecule has 187 valence electrons. The minimum absolute atomic E-state index is 0.0675. The first-order valence-electron chi connectivity index (χ1n) is 12.2.